The lowest BCUT2D eigenvalue weighted by molar-refractivity contribution is -0.485. The molecule has 2 fully saturated rings. The number of nitrogens with zero attached hydrogens (tertiary/aromatic N) is 4. The Labute approximate surface area is 192 Å². The predicted octanol–water partition coefficient (Wildman–Crippen LogP) is -1.02. The van der Waals surface area contributed by atoms with Crippen molar-refractivity contribution in [2.24, 2.45) is 16.8 Å². The summed E-state index contributed by atoms with van der Waals surface area (Å²) in [5, 5.41) is 27.5. The highest BCUT2D eigenvalue weighted by Gasteiger charge is 2.33. The molecular formula is C20H35N7O6. The van der Waals surface area contributed by atoms with Crippen LogP contribution in [-0.2, 0) is 14.4 Å². The molecule has 1 aliphatic heterocycles. The molecule has 13 nitrogen and oxygen atoms in total. The monoisotopic (exact) mass is 469 g/mol. The van der Waals surface area contributed by atoms with Crippen molar-refractivity contribution in [1.82, 2.24) is 20.4 Å². The molecule has 2 rings (SSSR count). The lowest BCUT2D eigenvalue weighted by atomic mass is 9.89. The zero-order chi connectivity index (χ0) is 24.4. The molecule has 1 saturated heterocycles. The van der Waals surface area contributed by atoms with Gasteiger partial charge in [0.05, 0.1) is 18.7 Å². The van der Waals surface area contributed by atoms with Crippen LogP contribution < -0.4 is 16.4 Å². The van der Waals surface area contributed by atoms with E-state index in [1.807, 2.05) is 0 Å². The average molecular weight is 470 g/mol. The Kier molecular flexibility index (Phi) is 10.3. The maximum absolute atomic E-state index is 12.5. The molecule has 33 heavy (non-hydrogen) atoms. The second kappa shape index (κ2) is 12.9. The highest BCUT2D eigenvalue weighted by Crippen LogP contribution is 2.25. The SMILES string of the molecule is CC(O)C(CCCN/C(N)=N/[N+](=O)[O-])NC(=O)CN1CC(=O)N(CC2CCCCC2)CC1=O. The first-order chi connectivity index (χ1) is 15.7. The third-order valence-corrected chi connectivity index (χ3v) is 6.01. The topological polar surface area (TPSA) is 184 Å². The molecule has 0 bridgehead atoms. The number of amides is 3. The van der Waals surface area contributed by atoms with Gasteiger partial charge in [-0.25, -0.2) is 10.1 Å². The van der Waals surface area contributed by atoms with Crippen LogP contribution in [0.25, 0.3) is 0 Å². The fourth-order valence-corrected chi connectivity index (χ4v) is 4.22. The Morgan fingerprint density at radius 3 is 2.52 bits per heavy atom. The molecule has 0 aromatic heterocycles. The van der Waals surface area contributed by atoms with Gasteiger partial charge in [0.1, 0.15) is 18.2 Å². The first-order valence-electron chi connectivity index (χ1n) is 11.4. The van der Waals surface area contributed by atoms with Crippen molar-refractivity contribution in [1.29, 1.82) is 0 Å². The summed E-state index contributed by atoms with van der Waals surface area (Å²) in [4.78, 5) is 50.6. The summed E-state index contributed by atoms with van der Waals surface area (Å²) >= 11 is 0. The molecule has 1 heterocycles. The number of nitro groups is 1. The fraction of sp³-hybridized carbons (Fsp3) is 0.800. The summed E-state index contributed by atoms with van der Waals surface area (Å²) in [5.41, 5.74) is 5.33. The highest BCUT2D eigenvalue weighted by molar-refractivity contribution is 5.95. The average Bonchev–Trinajstić information content (AvgIpc) is 2.74. The van der Waals surface area contributed by atoms with E-state index in [0.717, 1.165) is 25.7 Å². The number of carbonyl (C=O) groups excluding carboxylic acids is 3. The van der Waals surface area contributed by atoms with Crippen LogP contribution in [-0.4, -0.2) is 88.5 Å². The van der Waals surface area contributed by atoms with Crippen molar-refractivity contribution in [2.75, 3.05) is 32.7 Å². The minimum Gasteiger partial charge on any atom is -0.391 e. The number of hydrogen-bond donors (Lipinski definition) is 4. The van der Waals surface area contributed by atoms with E-state index in [0.29, 0.717) is 25.3 Å². The van der Waals surface area contributed by atoms with E-state index in [9.17, 15) is 29.6 Å². The van der Waals surface area contributed by atoms with Gasteiger partial charge >= 0.3 is 0 Å². The van der Waals surface area contributed by atoms with Crippen molar-refractivity contribution in [3.63, 3.8) is 0 Å². The van der Waals surface area contributed by atoms with Gasteiger partial charge in [0.15, 0.2) is 5.03 Å². The van der Waals surface area contributed by atoms with Crippen molar-refractivity contribution in [2.45, 2.75) is 64.0 Å². The maximum Gasteiger partial charge on any atom is 0.266 e. The smallest absolute Gasteiger partial charge is 0.266 e. The van der Waals surface area contributed by atoms with Crippen LogP contribution in [0.4, 0.5) is 0 Å². The van der Waals surface area contributed by atoms with Crippen LogP contribution in [0.15, 0.2) is 5.10 Å². The number of nitrogens with two attached hydrogens (primary N) is 1. The molecule has 13 heteroatoms. The Morgan fingerprint density at radius 1 is 1.24 bits per heavy atom. The van der Waals surface area contributed by atoms with Crippen LogP contribution in [0.3, 0.4) is 0 Å². The van der Waals surface area contributed by atoms with Gasteiger partial charge in [-0.1, -0.05) is 19.3 Å². The van der Waals surface area contributed by atoms with Gasteiger partial charge in [-0.3, -0.25) is 14.4 Å². The van der Waals surface area contributed by atoms with E-state index in [4.69, 9.17) is 5.73 Å². The van der Waals surface area contributed by atoms with Gasteiger partial charge in [-0.05, 0) is 38.5 Å². The van der Waals surface area contributed by atoms with E-state index < -0.39 is 23.1 Å². The molecule has 1 aliphatic carbocycles. The maximum atomic E-state index is 12.5. The zero-order valence-corrected chi connectivity index (χ0v) is 19.1. The van der Waals surface area contributed by atoms with Crippen molar-refractivity contribution < 1.29 is 24.5 Å². The number of rotatable bonds is 11. The molecule has 0 radical (unpaired) electrons. The Balaban J connectivity index is 1.77. The number of carbonyl (C=O) groups is 3. The van der Waals surface area contributed by atoms with E-state index in [2.05, 4.69) is 15.7 Å². The van der Waals surface area contributed by atoms with Gasteiger partial charge in [-0.15, -0.1) is 0 Å². The van der Waals surface area contributed by atoms with Crippen LogP contribution in [0.2, 0.25) is 0 Å². The molecule has 2 unspecified atom stereocenters. The molecule has 0 aromatic rings. The van der Waals surface area contributed by atoms with E-state index in [-0.39, 0.29) is 44.0 Å². The number of aliphatic hydroxyl groups is 1. The second-order valence-electron chi connectivity index (χ2n) is 8.73. The van der Waals surface area contributed by atoms with Gasteiger partial charge in [0, 0.05) is 13.1 Å². The normalized spacial score (nSPS) is 19.9. The fourth-order valence-electron chi connectivity index (χ4n) is 4.22. The van der Waals surface area contributed by atoms with Crippen LogP contribution in [0, 0.1) is 16.0 Å². The Bertz CT molecular complexity index is 738. The van der Waals surface area contributed by atoms with Gasteiger partial charge < -0.3 is 31.3 Å². The van der Waals surface area contributed by atoms with Crippen molar-refractivity contribution >= 4 is 23.7 Å². The third kappa shape index (κ3) is 9.20. The first-order valence-corrected chi connectivity index (χ1v) is 11.4. The number of hydrogen-bond acceptors (Lipinski definition) is 6. The molecular weight excluding hydrogens is 434 g/mol. The lowest BCUT2D eigenvalue weighted by Gasteiger charge is -2.36. The third-order valence-electron chi connectivity index (χ3n) is 6.01. The quantitative estimate of drug-likeness (QED) is 0.0974. The standard InChI is InChI=1S/C20H35N7O6/c1-14(28)16(8-5-9-22-20(21)24-27(32)33)23-17(29)11-26-13-18(30)25(12-19(26)31)10-15-6-3-2-4-7-15/h14-16,28H,2-13H2,1H3,(H,23,29)(H3,21,22,24). The minimum absolute atomic E-state index is 0.0127. The number of nitrogens with one attached hydrogen (secondary N) is 2. The van der Waals surface area contributed by atoms with Crippen LogP contribution >= 0.6 is 0 Å². The summed E-state index contributed by atoms with van der Waals surface area (Å²) in [6.45, 7) is 1.99. The lowest BCUT2D eigenvalue weighted by Crippen LogP contribution is -2.57. The van der Waals surface area contributed by atoms with Crippen LogP contribution in [0.5, 0.6) is 0 Å². The molecule has 1 saturated carbocycles. The van der Waals surface area contributed by atoms with E-state index in [1.54, 1.807) is 4.90 Å². The van der Waals surface area contributed by atoms with Crippen molar-refractivity contribution in [3.05, 3.63) is 10.1 Å². The largest absolute Gasteiger partial charge is 0.391 e. The Hall–Kier alpha value is -2.96. The Morgan fingerprint density at radius 2 is 1.88 bits per heavy atom. The second-order valence-corrected chi connectivity index (χ2v) is 8.73. The number of guanidine groups is 1. The summed E-state index contributed by atoms with van der Waals surface area (Å²) < 4.78 is 0. The highest BCUT2D eigenvalue weighted by atomic mass is 16.7. The number of aliphatic hydroxyl groups excluding tert-OH is 1. The molecule has 0 spiro atoms. The summed E-state index contributed by atoms with van der Waals surface area (Å²) in [7, 11) is 0. The molecule has 2 aliphatic rings. The van der Waals surface area contributed by atoms with Gasteiger partial charge in [0.2, 0.25) is 17.7 Å². The predicted molar refractivity (Wildman–Crippen MR) is 119 cm³/mol. The molecule has 5 N–H and O–H groups in total. The first kappa shape index (κ1) is 26.3. The zero-order valence-electron chi connectivity index (χ0n) is 19.1. The van der Waals surface area contributed by atoms with Gasteiger partial charge in [-0.2, -0.15) is 0 Å². The van der Waals surface area contributed by atoms with E-state index in [1.165, 1.54) is 18.2 Å². The molecule has 186 valence electrons. The van der Waals surface area contributed by atoms with E-state index >= 15 is 0 Å². The van der Waals surface area contributed by atoms with Crippen molar-refractivity contribution in [3.8, 4) is 0 Å². The summed E-state index contributed by atoms with van der Waals surface area (Å²) in [6, 6.07) is -0.591. The molecule has 2 atom stereocenters. The van der Waals surface area contributed by atoms with Crippen LogP contribution in [0.1, 0.15) is 51.9 Å². The minimum atomic E-state index is -0.914. The number of hydrazone groups is 1. The summed E-state index contributed by atoms with van der Waals surface area (Å²) in [5.74, 6) is -0.777. The van der Waals surface area contributed by atoms with Gasteiger partial charge in [0.25, 0.3) is 5.96 Å². The molecule has 3 amide bonds. The summed E-state index contributed by atoms with van der Waals surface area (Å²) in [6.07, 6.45) is 5.65. The number of piperazine rings is 1. The molecule has 0 aromatic carbocycles.